The summed E-state index contributed by atoms with van der Waals surface area (Å²) in [5.41, 5.74) is 0.758. The van der Waals surface area contributed by atoms with E-state index in [0.717, 1.165) is 0 Å². The van der Waals surface area contributed by atoms with E-state index in [1.807, 2.05) is 0 Å². The number of alkyl halides is 3. The second-order valence-electron chi connectivity index (χ2n) is 4.76. The Kier molecular flexibility index (Phi) is 5.22. The third-order valence-electron chi connectivity index (χ3n) is 2.83. The number of carbonyl (C=O) groups excluding carboxylic acids is 2. The van der Waals surface area contributed by atoms with E-state index in [9.17, 15) is 22.8 Å². The van der Waals surface area contributed by atoms with E-state index >= 15 is 0 Å². The average Bonchev–Trinajstić information content (AvgIpc) is 2.95. The Hall–Kier alpha value is -2.84. The van der Waals surface area contributed by atoms with Crippen LogP contribution in [0.2, 0.25) is 0 Å². The van der Waals surface area contributed by atoms with Gasteiger partial charge in [0, 0.05) is 11.9 Å². The molecule has 9 heteroatoms. The van der Waals surface area contributed by atoms with E-state index in [0.29, 0.717) is 5.69 Å². The van der Waals surface area contributed by atoms with E-state index in [4.69, 9.17) is 4.74 Å². The molecule has 0 saturated carbocycles. The molecule has 0 bridgehead atoms. The summed E-state index contributed by atoms with van der Waals surface area (Å²) in [5.74, 6) is -1.74. The summed E-state index contributed by atoms with van der Waals surface area (Å²) < 4.78 is 42.7. The van der Waals surface area contributed by atoms with Gasteiger partial charge in [-0.3, -0.25) is 4.79 Å². The number of benzene rings is 1. The third kappa shape index (κ3) is 4.83. The van der Waals surface area contributed by atoms with Crippen LogP contribution in [0.25, 0.3) is 5.69 Å². The maximum absolute atomic E-state index is 12.2. The largest absolute Gasteiger partial charge is 0.461 e. The van der Waals surface area contributed by atoms with Crippen molar-refractivity contribution in [2.24, 2.45) is 0 Å². The van der Waals surface area contributed by atoms with Gasteiger partial charge in [0.15, 0.2) is 5.69 Å². The number of nitrogens with one attached hydrogen (secondary N) is 1. The lowest BCUT2D eigenvalue weighted by atomic mass is 10.2. The number of esters is 1. The van der Waals surface area contributed by atoms with Crippen molar-refractivity contribution in [1.29, 1.82) is 0 Å². The zero-order chi connectivity index (χ0) is 17.7. The summed E-state index contributed by atoms with van der Waals surface area (Å²) in [6.07, 6.45) is -4.63. The fourth-order valence-corrected chi connectivity index (χ4v) is 1.90. The van der Waals surface area contributed by atoms with Gasteiger partial charge in [-0.15, -0.1) is 0 Å². The quantitative estimate of drug-likeness (QED) is 0.849. The van der Waals surface area contributed by atoms with Gasteiger partial charge in [-0.2, -0.15) is 18.3 Å². The number of amides is 1. The molecule has 24 heavy (non-hydrogen) atoms. The lowest BCUT2D eigenvalue weighted by Crippen LogP contribution is -2.21. The maximum Gasteiger partial charge on any atom is 0.397 e. The molecule has 0 unspecified atom stereocenters. The van der Waals surface area contributed by atoms with Gasteiger partial charge in [0.25, 0.3) is 0 Å². The molecule has 1 aromatic heterocycles. The Morgan fingerprint density at radius 3 is 2.71 bits per heavy atom. The number of carbonyl (C=O) groups is 2. The molecule has 2 rings (SSSR count). The van der Waals surface area contributed by atoms with Crippen LogP contribution in [0.5, 0.6) is 0 Å². The number of anilines is 1. The van der Waals surface area contributed by atoms with E-state index in [-0.39, 0.29) is 18.0 Å². The molecule has 1 heterocycles. The predicted molar refractivity (Wildman–Crippen MR) is 78.8 cm³/mol. The van der Waals surface area contributed by atoms with Crippen LogP contribution >= 0.6 is 0 Å². The molecule has 6 nitrogen and oxygen atoms in total. The van der Waals surface area contributed by atoms with Crippen molar-refractivity contribution in [2.45, 2.75) is 19.5 Å². The van der Waals surface area contributed by atoms with Crippen molar-refractivity contribution >= 4 is 17.6 Å². The lowest BCUT2D eigenvalue weighted by molar-refractivity contribution is -0.150. The van der Waals surface area contributed by atoms with Gasteiger partial charge in [0.1, 0.15) is 6.42 Å². The lowest BCUT2D eigenvalue weighted by Gasteiger charge is -2.09. The third-order valence-corrected chi connectivity index (χ3v) is 2.83. The zero-order valence-electron chi connectivity index (χ0n) is 12.6. The van der Waals surface area contributed by atoms with Crippen LogP contribution in [0.1, 0.15) is 23.8 Å². The molecule has 0 spiro atoms. The van der Waals surface area contributed by atoms with E-state index in [1.54, 1.807) is 19.1 Å². The van der Waals surface area contributed by atoms with Gasteiger partial charge in [-0.25, -0.2) is 9.48 Å². The molecule has 1 aromatic carbocycles. The highest BCUT2D eigenvalue weighted by Gasteiger charge is 2.31. The van der Waals surface area contributed by atoms with Crippen LogP contribution < -0.4 is 5.32 Å². The molecule has 0 aliphatic heterocycles. The van der Waals surface area contributed by atoms with Crippen molar-refractivity contribution in [3.8, 4) is 5.69 Å². The van der Waals surface area contributed by atoms with Gasteiger partial charge in [0.05, 0.1) is 12.3 Å². The highest BCUT2D eigenvalue weighted by molar-refractivity contribution is 5.91. The van der Waals surface area contributed by atoms with E-state index < -0.39 is 24.5 Å². The number of aromatic nitrogens is 2. The molecule has 0 fully saturated rings. The number of ether oxygens (including phenoxy) is 1. The first-order valence-corrected chi connectivity index (χ1v) is 6.98. The van der Waals surface area contributed by atoms with Crippen molar-refractivity contribution < 1.29 is 27.5 Å². The normalized spacial score (nSPS) is 11.2. The summed E-state index contributed by atoms with van der Waals surface area (Å²) >= 11 is 0. The number of rotatable bonds is 5. The second-order valence-corrected chi connectivity index (χ2v) is 4.76. The number of halogens is 3. The summed E-state index contributed by atoms with van der Waals surface area (Å²) in [7, 11) is 0. The first-order valence-electron chi connectivity index (χ1n) is 6.98. The average molecular weight is 341 g/mol. The fraction of sp³-hybridized carbons (Fsp3) is 0.267. The SMILES string of the molecule is CCOC(=O)c1ccn(-c2cccc(NC(=O)CC(F)(F)F)c2)n1. The minimum atomic E-state index is -4.57. The summed E-state index contributed by atoms with van der Waals surface area (Å²) in [6.45, 7) is 1.88. The van der Waals surface area contributed by atoms with Crippen molar-refractivity contribution in [2.75, 3.05) is 11.9 Å². The predicted octanol–water partition coefficient (Wildman–Crippen LogP) is 2.94. The molecule has 128 valence electrons. The summed E-state index contributed by atoms with van der Waals surface area (Å²) in [5, 5.41) is 6.19. The molecular formula is C15H14F3N3O3. The van der Waals surface area contributed by atoms with E-state index in [2.05, 4.69) is 10.4 Å². The fourth-order valence-electron chi connectivity index (χ4n) is 1.90. The van der Waals surface area contributed by atoms with Gasteiger partial charge in [-0.1, -0.05) is 6.07 Å². The van der Waals surface area contributed by atoms with Crippen LogP contribution in [0.15, 0.2) is 36.5 Å². The molecular weight excluding hydrogens is 327 g/mol. The van der Waals surface area contributed by atoms with Gasteiger partial charge in [-0.05, 0) is 31.2 Å². The van der Waals surface area contributed by atoms with E-state index in [1.165, 1.54) is 29.1 Å². The summed E-state index contributed by atoms with van der Waals surface area (Å²) in [6, 6.07) is 7.52. The molecule has 0 aliphatic rings. The minimum Gasteiger partial charge on any atom is -0.461 e. The topological polar surface area (TPSA) is 73.2 Å². The van der Waals surface area contributed by atoms with Crippen LogP contribution in [-0.4, -0.2) is 34.4 Å². The number of hydrogen-bond donors (Lipinski definition) is 1. The molecule has 0 aliphatic carbocycles. The van der Waals surface area contributed by atoms with Crippen LogP contribution in [-0.2, 0) is 9.53 Å². The molecule has 2 aromatic rings. The zero-order valence-corrected chi connectivity index (χ0v) is 12.6. The minimum absolute atomic E-state index is 0.100. The monoisotopic (exact) mass is 341 g/mol. The standard InChI is InChI=1S/C15H14F3N3O3/c1-2-24-14(23)12-6-7-21(20-12)11-5-3-4-10(8-11)19-13(22)9-15(16,17)18/h3-8H,2,9H2,1H3,(H,19,22). The Balaban J connectivity index is 2.13. The smallest absolute Gasteiger partial charge is 0.397 e. The van der Waals surface area contributed by atoms with Gasteiger partial charge < -0.3 is 10.1 Å². The Morgan fingerprint density at radius 1 is 1.29 bits per heavy atom. The van der Waals surface area contributed by atoms with Gasteiger partial charge >= 0.3 is 12.1 Å². The Morgan fingerprint density at radius 2 is 2.04 bits per heavy atom. The first-order chi connectivity index (χ1) is 11.3. The van der Waals surface area contributed by atoms with Crippen LogP contribution in [0.4, 0.5) is 18.9 Å². The Bertz CT molecular complexity index is 741. The number of nitrogens with zero attached hydrogens (tertiary/aromatic N) is 2. The molecule has 1 N–H and O–H groups in total. The van der Waals surface area contributed by atoms with Crippen molar-refractivity contribution in [3.05, 3.63) is 42.2 Å². The first kappa shape index (κ1) is 17.5. The molecule has 1 amide bonds. The van der Waals surface area contributed by atoms with Crippen LogP contribution in [0.3, 0.4) is 0 Å². The highest BCUT2D eigenvalue weighted by Crippen LogP contribution is 2.21. The van der Waals surface area contributed by atoms with Gasteiger partial charge in [0.2, 0.25) is 5.91 Å². The Labute approximate surface area is 135 Å². The highest BCUT2D eigenvalue weighted by atomic mass is 19.4. The van der Waals surface area contributed by atoms with Crippen LogP contribution in [0, 0.1) is 0 Å². The maximum atomic E-state index is 12.2. The molecule has 0 saturated heterocycles. The number of hydrogen-bond acceptors (Lipinski definition) is 4. The molecule has 0 atom stereocenters. The van der Waals surface area contributed by atoms with Crippen molar-refractivity contribution in [3.63, 3.8) is 0 Å². The summed E-state index contributed by atoms with van der Waals surface area (Å²) in [4.78, 5) is 22.9. The van der Waals surface area contributed by atoms with Crippen molar-refractivity contribution in [1.82, 2.24) is 9.78 Å². The molecule has 0 radical (unpaired) electrons. The second kappa shape index (κ2) is 7.16.